The van der Waals surface area contributed by atoms with Crippen LogP contribution in [0.4, 0.5) is 0 Å². The van der Waals surface area contributed by atoms with Gasteiger partial charge in [0.1, 0.15) is 10.6 Å². The molecule has 35 heavy (non-hydrogen) atoms. The van der Waals surface area contributed by atoms with Gasteiger partial charge in [0, 0.05) is 25.2 Å². The van der Waals surface area contributed by atoms with E-state index in [2.05, 4.69) is 14.8 Å². The minimum absolute atomic E-state index is 0.00426. The average Bonchev–Trinajstić information content (AvgIpc) is 2.86. The fourth-order valence-corrected chi connectivity index (χ4v) is 5.39. The van der Waals surface area contributed by atoms with Crippen molar-refractivity contribution in [3.05, 3.63) is 89.5 Å². The van der Waals surface area contributed by atoms with Gasteiger partial charge in [-0.25, -0.2) is 26.3 Å². The number of ether oxygens (including phenoxy) is 1. The first kappa shape index (κ1) is 26.4. The fourth-order valence-electron chi connectivity index (χ4n) is 3.14. The molecule has 3 aromatic carbocycles. The van der Waals surface area contributed by atoms with Gasteiger partial charge in [-0.2, -0.15) is 0 Å². The largest absolute Gasteiger partial charge is 0.495 e. The minimum atomic E-state index is -3.98. The Labute approximate surface area is 205 Å². The molecule has 0 bridgehead atoms. The van der Waals surface area contributed by atoms with Crippen LogP contribution >= 0.6 is 0 Å². The van der Waals surface area contributed by atoms with Crippen molar-refractivity contribution in [3.8, 4) is 5.75 Å². The van der Waals surface area contributed by atoms with E-state index < -0.39 is 26.0 Å². The monoisotopic (exact) mass is 517 g/mol. The van der Waals surface area contributed by atoms with E-state index in [1.807, 2.05) is 13.0 Å². The summed E-state index contributed by atoms with van der Waals surface area (Å²) in [6.45, 7) is 1.89. The number of aryl methyl sites for hydroxylation is 1. The molecule has 0 aromatic heterocycles. The number of nitrogens with one attached hydrogen (secondary N) is 3. The molecule has 0 heterocycles. The topological polar surface area (TPSA) is 131 Å². The summed E-state index contributed by atoms with van der Waals surface area (Å²) in [5, 5.41) is 2.58. The number of carbonyl (C=O) groups excluding carboxylic acids is 1. The van der Waals surface area contributed by atoms with Crippen LogP contribution in [-0.4, -0.2) is 42.9 Å². The highest BCUT2D eigenvalue weighted by Gasteiger charge is 2.22. The molecule has 0 aliphatic carbocycles. The zero-order valence-corrected chi connectivity index (χ0v) is 20.9. The van der Waals surface area contributed by atoms with Crippen LogP contribution in [0.1, 0.15) is 21.5 Å². The van der Waals surface area contributed by atoms with Crippen molar-refractivity contribution < 1.29 is 26.4 Å². The first-order chi connectivity index (χ1) is 16.6. The summed E-state index contributed by atoms with van der Waals surface area (Å²) in [4.78, 5) is 12.5. The Morgan fingerprint density at radius 3 is 2.17 bits per heavy atom. The van der Waals surface area contributed by atoms with Gasteiger partial charge in [0.2, 0.25) is 20.0 Å². The first-order valence-corrected chi connectivity index (χ1v) is 13.7. The van der Waals surface area contributed by atoms with Gasteiger partial charge < -0.3 is 10.1 Å². The lowest BCUT2D eigenvalue weighted by Crippen LogP contribution is -2.34. The molecular formula is C24H27N3O6S2. The van der Waals surface area contributed by atoms with Gasteiger partial charge in [-0.15, -0.1) is 0 Å². The van der Waals surface area contributed by atoms with Gasteiger partial charge >= 0.3 is 0 Å². The molecule has 1 amide bonds. The Morgan fingerprint density at radius 1 is 0.829 bits per heavy atom. The number of sulfonamides is 2. The maximum atomic E-state index is 12.9. The number of carbonyl (C=O) groups is 1. The van der Waals surface area contributed by atoms with Crippen molar-refractivity contribution in [3.63, 3.8) is 0 Å². The molecule has 3 aromatic rings. The third-order valence-electron chi connectivity index (χ3n) is 5.06. The molecule has 0 fully saturated rings. The molecule has 0 unspecified atom stereocenters. The second kappa shape index (κ2) is 11.5. The van der Waals surface area contributed by atoms with Gasteiger partial charge in [-0.3, -0.25) is 4.79 Å². The second-order valence-corrected chi connectivity index (χ2v) is 11.1. The summed E-state index contributed by atoms with van der Waals surface area (Å²) in [7, 11) is -6.35. The Kier molecular flexibility index (Phi) is 8.62. The quantitative estimate of drug-likeness (QED) is 0.334. The van der Waals surface area contributed by atoms with Gasteiger partial charge in [0.05, 0.1) is 12.0 Å². The summed E-state index contributed by atoms with van der Waals surface area (Å²) in [6, 6.07) is 19.4. The Balaban J connectivity index is 1.63. The predicted octanol–water partition coefficient (Wildman–Crippen LogP) is 2.19. The second-order valence-electron chi connectivity index (χ2n) is 7.64. The first-order valence-electron chi connectivity index (χ1n) is 10.7. The lowest BCUT2D eigenvalue weighted by molar-refractivity contribution is 0.0954. The summed E-state index contributed by atoms with van der Waals surface area (Å²) in [5.41, 5.74) is 1.80. The van der Waals surface area contributed by atoms with Crippen molar-refractivity contribution in [2.24, 2.45) is 0 Å². The number of benzene rings is 3. The molecular weight excluding hydrogens is 490 g/mol. The zero-order valence-electron chi connectivity index (χ0n) is 19.3. The lowest BCUT2D eigenvalue weighted by atomic mass is 10.2. The van der Waals surface area contributed by atoms with E-state index in [0.29, 0.717) is 0 Å². The van der Waals surface area contributed by atoms with Crippen molar-refractivity contribution in [1.82, 2.24) is 14.8 Å². The lowest BCUT2D eigenvalue weighted by Gasteiger charge is -2.13. The molecule has 0 spiro atoms. The third-order valence-corrected chi connectivity index (χ3v) is 7.96. The maximum absolute atomic E-state index is 12.9. The number of hydrogen-bond acceptors (Lipinski definition) is 6. The summed E-state index contributed by atoms with van der Waals surface area (Å²) in [6.07, 6.45) is 0. The van der Waals surface area contributed by atoms with E-state index in [9.17, 15) is 21.6 Å². The van der Waals surface area contributed by atoms with Crippen LogP contribution < -0.4 is 19.5 Å². The van der Waals surface area contributed by atoms with Crippen molar-refractivity contribution in [2.45, 2.75) is 23.3 Å². The normalized spacial score (nSPS) is 11.7. The molecule has 0 saturated carbocycles. The SMILES string of the molecule is COc1ccc(C(=O)NCCNS(=O)(=O)c2ccc(C)cc2)cc1S(=O)(=O)NCc1ccccc1. The summed E-state index contributed by atoms with van der Waals surface area (Å²) < 4.78 is 60.5. The molecule has 3 N–H and O–H groups in total. The highest BCUT2D eigenvalue weighted by Crippen LogP contribution is 2.25. The van der Waals surface area contributed by atoms with Gasteiger partial charge in [0.25, 0.3) is 5.91 Å². The van der Waals surface area contributed by atoms with E-state index in [1.54, 1.807) is 36.4 Å². The van der Waals surface area contributed by atoms with E-state index >= 15 is 0 Å². The van der Waals surface area contributed by atoms with Gasteiger partial charge in [-0.05, 0) is 42.8 Å². The fraction of sp³-hybridized carbons (Fsp3) is 0.208. The minimum Gasteiger partial charge on any atom is -0.495 e. The Morgan fingerprint density at radius 2 is 1.51 bits per heavy atom. The van der Waals surface area contributed by atoms with E-state index in [-0.39, 0.29) is 40.7 Å². The number of amides is 1. The van der Waals surface area contributed by atoms with Gasteiger partial charge in [0.15, 0.2) is 0 Å². The molecule has 9 nitrogen and oxygen atoms in total. The van der Waals surface area contributed by atoms with E-state index in [0.717, 1.165) is 11.1 Å². The summed E-state index contributed by atoms with van der Waals surface area (Å²) in [5.74, 6) is -0.463. The van der Waals surface area contributed by atoms with E-state index in [1.165, 1.54) is 37.4 Å². The zero-order chi connectivity index (χ0) is 25.5. The van der Waals surface area contributed by atoms with Crippen molar-refractivity contribution in [2.75, 3.05) is 20.2 Å². The van der Waals surface area contributed by atoms with Gasteiger partial charge in [-0.1, -0.05) is 48.0 Å². The standard InChI is InChI=1S/C24H27N3O6S2/c1-18-8-11-21(12-9-18)34(29,30)26-15-14-25-24(28)20-10-13-22(33-2)23(16-20)35(31,32)27-17-19-6-4-3-5-7-19/h3-13,16,26-27H,14-15,17H2,1-2H3,(H,25,28). The third kappa shape index (κ3) is 7.12. The average molecular weight is 518 g/mol. The highest BCUT2D eigenvalue weighted by atomic mass is 32.2. The van der Waals surface area contributed by atoms with Crippen LogP contribution in [0, 0.1) is 6.92 Å². The molecule has 0 radical (unpaired) electrons. The van der Waals surface area contributed by atoms with E-state index in [4.69, 9.17) is 4.74 Å². The highest BCUT2D eigenvalue weighted by molar-refractivity contribution is 7.89. The number of hydrogen-bond donors (Lipinski definition) is 3. The molecule has 11 heteroatoms. The maximum Gasteiger partial charge on any atom is 0.251 e. The van der Waals surface area contributed by atoms with Crippen LogP contribution in [0.3, 0.4) is 0 Å². The van der Waals surface area contributed by atoms with Crippen molar-refractivity contribution >= 4 is 26.0 Å². The molecule has 0 atom stereocenters. The molecule has 186 valence electrons. The Bertz CT molecular complexity index is 1370. The predicted molar refractivity (Wildman–Crippen MR) is 132 cm³/mol. The van der Waals surface area contributed by atoms with Crippen LogP contribution in [0.15, 0.2) is 82.6 Å². The van der Waals surface area contributed by atoms with Crippen LogP contribution in [-0.2, 0) is 26.6 Å². The Hall–Kier alpha value is -3.25. The molecule has 0 aliphatic rings. The van der Waals surface area contributed by atoms with Crippen molar-refractivity contribution in [1.29, 1.82) is 0 Å². The molecule has 0 aliphatic heterocycles. The smallest absolute Gasteiger partial charge is 0.251 e. The molecule has 3 rings (SSSR count). The van der Waals surface area contributed by atoms with Crippen LogP contribution in [0.25, 0.3) is 0 Å². The number of methoxy groups -OCH3 is 1. The number of rotatable bonds is 11. The molecule has 0 saturated heterocycles. The van der Waals surface area contributed by atoms with Crippen LogP contribution in [0.2, 0.25) is 0 Å². The van der Waals surface area contributed by atoms with Crippen LogP contribution in [0.5, 0.6) is 5.75 Å². The summed E-state index contributed by atoms with van der Waals surface area (Å²) >= 11 is 0.